The Bertz CT molecular complexity index is 46.5. The van der Waals surface area contributed by atoms with Gasteiger partial charge in [-0.3, -0.25) is 0 Å². The maximum Gasteiger partial charge on any atom is 0.0430 e. The van der Waals surface area contributed by atoms with E-state index in [2.05, 4.69) is 13.8 Å². The summed E-state index contributed by atoms with van der Waals surface area (Å²) in [6, 6.07) is 0. The summed E-state index contributed by atoms with van der Waals surface area (Å²) in [6.45, 7) is 4.67. The molecule has 0 spiro atoms. The Kier molecular flexibility index (Phi) is 6.06. The van der Waals surface area contributed by atoms with Crippen LogP contribution in [0.5, 0.6) is 0 Å². The highest BCUT2D eigenvalue weighted by Gasteiger charge is 2.12. The zero-order valence-electron chi connectivity index (χ0n) is 6.56. The molecule has 1 saturated carbocycles. The molecule has 0 aliphatic heterocycles. The lowest BCUT2D eigenvalue weighted by Crippen LogP contribution is -1.75. The Morgan fingerprint density at radius 3 is 1.89 bits per heavy atom. The normalized spacial score (nSPS) is 16.3. The van der Waals surface area contributed by atoms with Crippen LogP contribution in [0, 0.1) is 5.92 Å². The lowest BCUT2D eigenvalue weighted by atomic mass is 10.4. The van der Waals surface area contributed by atoms with Crippen LogP contribution in [0.15, 0.2) is 0 Å². The SMILES string of the molecule is CC1CC1.CCCCO. The Balaban J connectivity index is 0.000000144. The molecule has 0 unspecified atom stereocenters. The van der Waals surface area contributed by atoms with Gasteiger partial charge < -0.3 is 5.11 Å². The summed E-state index contributed by atoms with van der Waals surface area (Å²) in [5.41, 5.74) is 0. The van der Waals surface area contributed by atoms with Crippen molar-refractivity contribution in [3.05, 3.63) is 0 Å². The van der Waals surface area contributed by atoms with E-state index in [9.17, 15) is 0 Å². The molecule has 1 heteroatoms. The molecule has 1 nitrogen and oxygen atoms in total. The fourth-order valence-corrected chi connectivity index (χ4v) is 0.325. The average molecular weight is 130 g/mol. The quantitative estimate of drug-likeness (QED) is 0.607. The van der Waals surface area contributed by atoms with E-state index in [1.807, 2.05) is 0 Å². The van der Waals surface area contributed by atoms with Gasteiger partial charge in [0.2, 0.25) is 0 Å². The first-order valence-electron chi connectivity index (χ1n) is 3.92. The minimum Gasteiger partial charge on any atom is -0.396 e. The minimum absolute atomic E-state index is 0.344. The Labute approximate surface area is 58.1 Å². The predicted molar refractivity (Wildman–Crippen MR) is 40.4 cm³/mol. The summed E-state index contributed by atoms with van der Waals surface area (Å²) < 4.78 is 0. The molecule has 0 amide bonds. The van der Waals surface area contributed by atoms with Crippen molar-refractivity contribution in [3.8, 4) is 0 Å². The van der Waals surface area contributed by atoms with Crippen LogP contribution in [0.1, 0.15) is 39.5 Å². The van der Waals surface area contributed by atoms with Crippen LogP contribution in [0.25, 0.3) is 0 Å². The number of aliphatic hydroxyl groups is 1. The Morgan fingerprint density at radius 2 is 1.89 bits per heavy atom. The van der Waals surface area contributed by atoms with Gasteiger partial charge in [0, 0.05) is 6.61 Å². The third-order valence-corrected chi connectivity index (χ3v) is 1.38. The number of hydrogen-bond acceptors (Lipinski definition) is 1. The van der Waals surface area contributed by atoms with Crippen LogP contribution in [-0.2, 0) is 0 Å². The first kappa shape index (κ1) is 8.96. The molecule has 1 rings (SSSR count). The maximum atomic E-state index is 8.07. The van der Waals surface area contributed by atoms with Crippen molar-refractivity contribution < 1.29 is 5.11 Å². The van der Waals surface area contributed by atoms with E-state index in [0.29, 0.717) is 6.61 Å². The van der Waals surface area contributed by atoms with Crippen LogP contribution in [0.4, 0.5) is 0 Å². The molecule has 0 bridgehead atoms. The van der Waals surface area contributed by atoms with Gasteiger partial charge in [-0.05, 0) is 12.3 Å². The highest BCUT2D eigenvalue weighted by molar-refractivity contribution is 4.65. The van der Waals surface area contributed by atoms with E-state index in [1.54, 1.807) is 0 Å². The fourth-order valence-electron chi connectivity index (χ4n) is 0.325. The molecule has 56 valence electrons. The zero-order chi connectivity index (χ0) is 7.11. The highest BCUT2D eigenvalue weighted by atomic mass is 16.2. The summed E-state index contributed by atoms with van der Waals surface area (Å²) in [4.78, 5) is 0. The van der Waals surface area contributed by atoms with Crippen molar-refractivity contribution in [2.45, 2.75) is 39.5 Å². The number of rotatable bonds is 2. The molecule has 0 aromatic rings. The number of aliphatic hydroxyl groups excluding tert-OH is 1. The number of hydrogen-bond donors (Lipinski definition) is 1. The van der Waals surface area contributed by atoms with Crippen molar-refractivity contribution >= 4 is 0 Å². The summed E-state index contributed by atoms with van der Waals surface area (Å²) >= 11 is 0. The summed E-state index contributed by atoms with van der Waals surface area (Å²) in [7, 11) is 0. The van der Waals surface area contributed by atoms with Gasteiger partial charge >= 0.3 is 0 Å². The molecular formula is C8H18O. The molecule has 0 radical (unpaired) electrons. The van der Waals surface area contributed by atoms with Gasteiger partial charge in [0.25, 0.3) is 0 Å². The summed E-state index contributed by atoms with van der Waals surface area (Å²) in [5.74, 6) is 1.08. The van der Waals surface area contributed by atoms with Crippen molar-refractivity contribution in [2.75, 3.05) is 6.61 Å². The molecule has 0 atom stereocenters. The smallest absolute Gasteiger partial charge is 0.0430 e. The van der Waals surface area contributed by atoms with Crippen LogP contribution < -0.4 is 0 Å². The monoisotopic (exact) mass is 130 g/mol. The van der Waals surface area contributed by atoms with Crippen molar-refractivity contribution in [1.29, 1.82) is 0 Å². The molecule has 1 aliphatic carbocycles. The van der Waals surface area contributed by atoms with Crippen LogP contribution in [0.3, 0.4) is 0 Å². The van der Waals surface area contributed by atoms with Crippen LogP contribution in [-0.4, -0.2) is 11.7 Å². The van der Waals surface area contributed by atoms with Gasteiger partial charge in [0.05, 0.1) is 0 Å². The second-order valence-corrected chi connectivity index (χ2v) is 2.76. The van der Waals surface area contributed by atoms with Gasteiger partial charge in [-0.2, -0.15) is 0 Å². The molecule has 0 saturated heterocycles. The van der Waals surface area contributed by atoms with Crippen molar-refractivity contribution in [3.63, 3.8) is 0 Å². The molecule has 0 aromatic heterocycles. The van der Waals surface area contributed by atoms with E-state index in [-0.39, 0.29) is 0 Å². The zero-order valence-corrected chi connectivity index (χ0v) is 6.56. The standard InChI is InChI=1S/C4H10O.C4H8/c1-2-3-4-5;1-4-2-3-4/h5H,2-4H2,1H3;4H,2-3H2,1H3. The van der Waals surface area contributed by atoms with Crippen LogP contribution in [0.2, 0.25) is 0 Å². The topological polar surface area (TPSA) is 20.2 Å². The first-order chi connectivity index (χ1) is 4.31. The summed E-state index contributed by atoms with van der Waals surface area (Å²) in [5, 5.41) is 8.07. The lowest BCUT2D eigenvalue weighted by molar-refractivity contribution is 0.287. The largest absolute Gasteiger partial charge is 0.396 e. The number of unbranched alkanes of at least 4 members (excludes halogenated alkanes) is 1. The summed E-state index contributed by atoms with van der Waals surface area (Å²) in [6.07, 6.45) is 5.01. The van der Waals surface area contributed by atoms with Gasteiger partial charge in [0.15, 0.2) is 0 Å². The molecule has 0 aromatic carbocycles. The Hall–Kier alpha value is -0.0400. The van der Waals surface area contributed by atoms with Gasteiger partial charge in [-0.15, -0.1) is 0 Å². The van der Waals surface area contributed by atoms with Gasteiger partial charge in [0.1, 0.15) is 0 Å². The third-order valence-electron chi connectivity index (χ3n) is 1.38. The Morgan fingerprint density at radius 1 is 1.44 bits per heavy atom. The fraction of sp³-hybridized carbons (Fsp3) is 1.00. The van der Waals surface area contributed by atoms with E-state index >= 15 is 0 Å². The first-order valence-corrected chi connectivity index (χ1v) is 3.92. The van der Waals surface area contributed by atoms with Crippen molar-refractivity contribution in [2.24, 2.45) is 5.92 Å². The minimum atomic E-state index is 0.344. The molecule has 1 fully saturated rings. The van der Waals surface area contributed by atoms with E-state index in [1.165, 1.54) is 12.8 Å². The van der Waals surface area contributed by atoms with E-state index in [0.717, 1.165) is 18.8 Å². The highest BCUT2D eigenvalue weighted by Crippen LogP contribution is 2.26. The maximum absolute atomic E-state index is 8.07. The average Bonchev–Trinajstić information content (AvgIpc) is 2.55. The third kappa shape index (κ3) is 11.5. The molecule has 9 heavy (non-hydrogen) atoms. The molecule has 0 heterocycles. The molecule has 1 N–H and O–H groups in total. The van der Waals surface area contributed by atoms with Crippen LogP contribution >= 0.6 is 0 Å². The molecule has 1 aliphatic rings. The predicted octanol–water partition coefficient (Wildman–Crippen LogP) is 2.20. The van der Waals surface area contributed by atoms with Gasteiger partial charge in [-0.25, -0.2) is 0 Å². The van der Waals surface area contributed by atoms with E-state index < -0.39 is 0 Å². The van der Waals surface area contributed by atoms with E-state index in [4.69, 9.17) is 5.11 Å². The second-order valence-electron chi connectivity index (χ2n) is 2.76. The van der Waals surface area contributed by atoms with Gasteiger partial charge in [-0.1, -0.05) is 33.1 Å². The lowest BCUT2D eigenvalue weighted by Gasteiger charge is -1.79. The molecular weight excluding hydrogens is 112 g/mol. The van der Waals surface area contributed by atoms with Crippen molar-refractivity contribution in [1.82, 2.24) is 0 Å². The second kappa shape index (κ2) is 6.09.